The zero-order chi connectivity index (χ0) is 20.8. The van der Waals surface area contributed by atoms with Gasteiger partial charge in [-0.2, -0.15) is 0 Å². The second-order valence-electron chi connectivity index (χ2n) is 5.90. The number of aromatic hydroxyl groups is 1. The lowest BCUT2D eigenvalue weighted by atomic mass is 10.2. The number of nitrogens with zero attached hydrogens (tertiary/aromatic N) is 1. The van der Waals surface area contributed by atoms with Crippen LogP contribution in [0.3, 0.4) is 0 Å². The van der Waals surface area contributed by atoms with E-state index in [0.717, 1.165) is 0 Å². The van der Waals surface area contributed by atoms with Gasteiger partial charge in [-0.3, -0.25) is 25.2 Å². The van der Waals surface area contributed by atoms with Gasteiger partial charge in [0.2, 0.25) is 5.91 Å². The van der Waals surface area contributed by atoms with Crippen LogP contribution in [0.5, 0.6) is 5.75 Å². The predicted molar refractivity (Wildman–Crippen MR) is 110 cm³/mol. The third kappa shape index (κ3) is 5.30. The fraction of sp³-hybridized carbons (Fsp3) is 0.0526. The van der Waals surface area contributed by atoms with E-state index in [1.807, 2.05) is 0 Å². The lowest BCUT2D eigenvalue weighted by Crippen LogP contribution is -2.29. The highest BCUT2D eigenvalue weighted by Crippen LogP contribution is 2.27. The molecule has 0 unspecified atom stereocenters. The van der Waals surface area contributed by atoms with Gasteiger partial charge in [0.25, 0.3) is 11.8 Å². The fourth-order valence-electron chi connectivity index (χ4n) is 2.33. The molecule has 29 heavy (non-hydrogen) atoms. The second kappa shape index (κ2) is 8.85. The summed E-state index contributed by atoms with van der Waals surface area (Å²) in [6.45, 7) is 1.39. The maximum Gasteiger partial charge on any atom is 0.289 e. The van der Waals surface area contributed by atoms with Gasteiger partial charge in [0.05, 0.1) is 16.9 Å². The maximum absolute atomic E-state index is 12.4. The Balaban J connectivity index is 1.65. The van der Waals surface area contributed by atoms with Crippen molar-refractivity contribution in [3.05, 3.63) is 64.6 Å². The number of phenols is 1. The Morgan fingerprint density at radius 2 is 1.69 bits per heavy atom. The van der Waals surface area contributed by atoms with Gasteiger partial charge in [0.1, 0.15) is 11.4 Å². The zero-order valence-electron chi connectivity index (χ0n) is 15.2. The molecule has 3 rings (SSSR count). The molecule has 1 aromatic heterocycles. The van der Waals surface area contributed by atoms with Crippen molar-refractivity contribution in [2.45, 2.75) is 6.92 Å². The molecule has 0 saturated heterocycles. The molecule has 0 spiro atoms. The molecule has 0 aliphatic heterocycles. The van der Waals surface area contributed by atoms with Gasteiger partial charge < -0.3 is 15.7 Å². The Morgan fingerprint density at radius 3 is 2.34 bits per heavy atom. The molecule has 148 valence electrons. The van der Waals surface area contributed by atoms with Crippen molar-refractivity contribution >= 4 is 46.1 Å². The van der Waals surface area contributed by atoms with E-state index in [2.05, 4.69) is 26.5 Å². The molecule has 5 N–H and O–H groups in total. The Hall–Kier alpha value is -3.92. The normalized spacial score (nSPS) is 10.1. The molecule has 3 aromatic rings. The van der Waals surface area contributed by atoms with Gasteiger partial charge in [0.15, 0.2) is 0 Å². The van der Waals surface area contributed by atoms with E-state index in [1.165, 1.54) is 36.5 Å². The number of thiazole rings is 1. The molecule has 0 radical (unpaired) electrons. The summed E-state index contributed by atoms with van der Waals surface area (Å²) in [5.74, 6) is -1.20. The number of benzene rings is 2. The summed E-state index contributed by atoms with van der Waals surface area (Å²) in [4.78, 5) is 39.3. The monoisotopic (exact) mass is 411 g/mol. The molecular formula is C19H17N5O4S. The standard InChI is InChI=1S/C19H17N5O4S/c1-11(25)21-13-4-2-12(3-5-13)18(27)22-15-8-14(6-7-17(15)26)23-24-19(28)16-9-29-10-20-16/h2-10,23,26H,1H3,(H,21,25)(H,22,27)(H,24,28). The van der Waals surface area contributed by atoms with Crippen molar-refractivity contribution in [2.75, 3.05) is 16.1 Å². The van der Waals surface area contributed by atoms with Gasteiger partial charge in [-0.1, -0.05) is 0 Å². The van der Waals surface area contributed by atoms with E-state index in [9.17, 15) is 19.5 Å². The lowest BCUT2D eigenvalue weighted by molar-refractivity contribution is -0.114. The van der Waals surface area contributed by atoms with Gasteiger partial charge in [-0.25, -0.2) is 4.98 Å². The molecule has 0 aliphatic carbocycles. The first kappa shape index (κ1) is 19.8. The highest BCUT2D eigenvalue weighted by Gasteiger charge is 2.11. The molecule has 1 heterocycles. The molecule has 3 amide bonds. The molecule has 0 saturated carbocycles. The molecule has 10 heteroatoms. The summed E-state index contributed by atoms with van der Waals surface area (Å²) in [5, 5.41) is 16.8. The first-order valence-corrected chi connectivity index (χ1v) is 9.33. The van der Waals surface area contributed by atoms with Gasteiger partial charge in [-0.05, 0) is 42.5 Å². The average Bonchev–Trinajstić information content (AvgIpc) is 3.23. The summed E-state index contributed by atoms with van der Waals surface area (Å²) < 4.78 is 0. The largest absolute Gasteiger partial charge is 0.506 e. The topological polar surface area (TPSA) is 132 Å². The van der Waals surface area contributed by atoms with Gasteiger partial charge >= 0.3 is 0 Å². The minimum absolute atomic E-state index is 0.135. The fourth-order valence-corrected chi connectivity index (χ4v) is 2.87. The van der Waals surface area contributed by atoms with E-state index < -0.39 is 11.8 Å². The number of amides is 3. The SMILES string of the molecule is CC(=O)Nc1ccc(C(=O)Nc2cc(NNC(=O)c3cscn3)ccc2O)cc1. The quantitative estimate of drug-likeness (QED) is 0.241. The molecule has 0 fully saturated rings. The van der Waals surface area contributed by atoms with E-state index in [-0.39, 0.29) is 23.0 Å². The predicted octanol–water partition coefficient (Wildman–Crippen LogP) is 2.82. The van der Waals surface area contributed by atoms with Crippen LogP contribution in [-0.2, 0) is 4.79 Å². The summed E-state index contributed by atoms with van der Waals surface area (Å²) in [6.07, 6.45) is 0. The smallest absolute Gasteiger partial charge is 0.289 e. The third-order valence-electron chi connectivity index (χ3n) is 3.70. The molecule has 0 bridgehead atoms. The first-order valence-electron chi connectivity index (χ1n) is 8.39. The van der Waals surface area contributed by atoms with Crippen LogP contribution >= 0.6 is 11.3 Å². The number of rotatable bonds is 6. The maximum atomic E-state index is 12.4. The summed E-state index contributed by atoms with van der Waals surface area (Å²) in [7, 11) is 0. The van der Waals surface area contributed by atoms with Crippen LogP contribution in [0.1, 0.15) is 27.8 Å². The lowest BCUT2D eigenvalue weighted by Gasteiger charge is -2.12. The number of anilines is 3. The van der Waals surface area contributed by atoms with E-state index >= 15 is 0 Å². The summed E-state index contributed by atoms with van der Waals surface area (Å²) in [5.41, 5.74) is 8.52. The van der Waals surface area contributed by atoms with Crippen molar-refractivity contribution in [1.29, 1.82) is 0 Å². The molecular weight excluding hydrogens is 394 g/mol. The van der Waals surface area contributed by atoms with Crippen LogP contribution in [0.15, 0.2) is 53.4 Å². The van der Waals surface area contributed by atoms with Crippen LogP contribution in [0.25, 0.3) is 0 Å². The molecule has 2 aromatic carbocycles. The van der Waals surface area contributed by atoms with Gasteiger partial charge in [-0.15, -0.1) is 11.3 Å². The van der Waals surface area contributed by atoms with Gasteiger partial charge in [0, 0.05) is 23.6 Å². The van der Waals surface area contributed by atoms with Crippen LogP contribution in [0.4, 0.5) is 17.1 Å². The number of phenolic OH excluding ortho intramolecular Hbond substituents is 1. The number of aromatic nitrogens is 1. The Bertz CT molecular complexity index is 1040. The number of carbonyl (C=O) groups is 3. The summed E-state index contributed by atoms with van der Waals surface area (Å²) >= 11 is 1.30. The van der Waals surface area contributed by atoms with Crippen LogP contribution < -0.4 is 21.5 Å². The van der Waals surface area contributed by atoms with E-state index in [1.54, 1.807) is 35.2 Å². The number of hydrogen-bond donors (Lipinski definition) is 5. The van der Waals surface area contributed by atoms with Crippen LogP contribution in [0, 0.1) is 0 Å². The second-order valence-corrected chi connectivity index (χ2v) is 6.62. The van der Waals surface area contributed by atoms with Crippen molar-refractivity contribution in [3.63, 3.8) is 0 Å². The van der Waals surface area contributed by atoms with Crippen LogP contribution in [-0.4, -0.2) is 27.8 Å². The minimum atomic E-state index is -0.446. The molecule has 0 atom stereocenters. The zero-order valence-corrected chi connectivity index (χ0v) is 16.0. The Morgan fingerprint density at radius 1 is 0.966 bits per heavy atom. The van der Waals surface area contributed by atoms with Crippen molar-refractivity contribution in [1.82, 2.24) is 10.4 Å². The highest BCUT2D eigenvalue weighted by molar-refractivity contribution is 7.07. The minimum Gasteiger partial charge on any atom is -0.506 e. The summed E-state index contributed by atoms with van der Waals surface area (Å²) in [6, 6.07) is 10.7. The number of nitrogens with one attached hydrogen (secondary N) is 4. The van der Waals surface area contributed by atoms with E-state index in [0.29, 0.717) is 16.9 Å². The first-order chi connectivity index (χ1) is 13.9. The van der Waals surface area contributed by atoms with Crippen molar-refractivity contribution < 1.29 is 19.5 Å². The molecule has 9 nitrogen and oxygen atoms in total. The Kier molecular flexibility index (Phi) is 6.05. The Labute approximate surface area is 169 Å². The highest BCUT2D eigenvalue weighted by atomic mass is 32.1. The van der Waals surface area contributed by atoms with E-state index in [4.69, 9.17) is 0 Å². The van der Waals surface area contributed by atoms with Crippen LogP contribution in [0.2, 0.25) is 0 Å². The number of carbonyl (C=O) groups excluding carboxylic acids is 3. The number of hydrogen-bond acceptors (Lipinski definition) is 7. The number of hydrazine groups is 1. The third-order valence-corrected chi connectivity index (χ3v) is 4.28. The van der Waals surface area contributed by atoms with Crippen molar-refractivity contribution in [2.24, 2.45) is 0 Å². The molecule has 0 aliphatic rings. The average molecular weight is 411 g/mol. The van der Waals surface area contributed by atoms with Crippen molar-refractivity contribution in [3.8, 4) is 5.75 Å².